The van der Waals surface area contributed by atoms with Gasteiger partial charge < -0.3 is 5.32 Å². The first-order valence-electron chi connectivity index (χ1n) is 7.69. The zero-order valence-electron chi connectivity index (χ0n) is 13.6. The number of carbonyl (C=O) groups is 1. The van der Waals surface area contributed by atoms with E-state index in [-0.39, 0.29) is 11.4 Å². The number of anilines is 1. The number of aromatic nitrogens is 2. The van der Waals surface area contributed by atoms with Crippen molar-refractivity contribution in [2.24, 2.45) is 0 Å². The number of hydrogen-bond donors (Lipinski definition) is 1. The molecule has 0 fully saturated rings. The third-order valence-electron chi connectivity index (χ3n) is 3.71. The predicted octanol–water partition coefficient (Wildman–Crippen LogP) is 5.27. The van der Waals surface area contributed by atoms with Crippen molar-refractivity contribution < 1.29 is 13.6 Å². The van der Waals surface area contributed by atoms with Crippen molar-refractivity contribution in [2.75, 3.05) is 5.32 Å². The lowest BCUT2D eigenvalue weighted by Crippen LogP contribution is -2.14. The van der Waals surface area contributed by atoms with Crippen LogP contribution in [0.5, 0.6) is 0 Å². The van der Waals surface area contributed by atoms with Gasteiger partial charge in [-0.3, -0.25) is 4.79 Å². The zero-order valence-corrected chi connectivity index (χ0v) is 15.1. The molecule has 2 aromatic carbocycles. The number of carbonyl (C=O) groups excluding carboxylic acids is 1. The van der Waals surface area contributed by atoms with Crippen LogP contribution in [0, 0.1) is 11.6 Å². The Kier molecular flexibility index (Phi) is 5.25. The average molecular weight is 396 g/mol. The minimum Gasteiger partial charge on any atom is -0.305 e. The summed E-state index contributed by atoms with van der Waals surface area (Å²) < 4.78 is 28.3. The van der Waals surface area contributed by atoms with Crippen molar-refractivity contribution in [1.29, 1.82) is 0 Å². The summed E-state index contributed by atoms with van der Waals surface area (Å²) in [6.45, 7) is 1.93. The summed E-state index contributed by atoms with van der Waals surface area (Å²) in [5.74, 6) is -2.18. The van der Waals surface area contributed by atoms with Crippen molar-refractivity contribution in [3.05, 3.63) is 75.4 Å². The minimum atomic E-state index is -0.942. The molecule has 1 N–H and O–H groups in total. The molecule has 0 spiro atoms. The van der Waals surface area contributed by atoms with Gasteiger partial charge in [-0.25, -0.2) is 13.5 Å². The van der Waals surface area contributed by atoms with Gasteiger partial charge in [-0.05, 0) is 36.8 Å². The fourth-order valence-corrected chi connectivity index (χ4v) is 2.72. The molecule has 0 bridgehead atoms. The highest BCUT2D eigenvalue weighted by molar-refractivity contribution is 6.42. The van der Waals surface area contributed by atoms with Gasteiger partial charge in [0, 0.05) is 17.8 Å². The molecule has 0 unspecified atom stereocenters. The molecule has 8 heteroatoms. The Bertz CT molecular complexity index is 989. The van der Waals surface area contributed by atoms with Gasteiger partial charge in [-0.2, -0.15) is 0 Å². The molecule has 0 saturated heterocycles. The van der Waals surface area contributed by atoms with Crippen LogP contribution >= 0.6 is 23.2 Å². The Morgan fingerprint density at radius 2 is 1.88 bits per heavy atom. The standard InChI is InChI=1S/C18H13Cl2F2N3O/c1-2-11-9-17(23-18(26)13-5-3-10(21)7-16(13)22)24-25(11)12-4-6-14(19)15(20)8-12/h3-9H,2H2,1H3,(H,23,24,26). The number of amides is 1. The number of nitrogens with one attached hydrogen (secondary N) is 1. The highest BCUT2D eigenvalue weighted by Gasteiger charge is 2.16. The molecule has 3 aromatic rings. The third-order valence-corrected chi connectivity index (χ3v) is 4.45. The molecule has 0 aliphatic heterocycles. The van der Waals surface area contributed by atoms with E-state index in [2.05, 4.69) is 10.4 Å². The van der Waals surface area contributed by atoms with Crippen LogP contribution in [0.25, 0.3) is 5.69 Å². The Morgan fingerprint density at radius 3 is 2.54 bits per heavy atom. The van der Waals surface area contributed by atoms with Gasteiger partial charge in [0.15, 0.2) is 5.82 Å². The lowest BCUT2D eigenvalue weighted by molar-refractivity contribution is 0.102. The predicted molar refractivity (Wildman–Crippen MR) is 97.3 cm³/mol. The second kappa shape index (κ2) is 7.43. The molecule has 0 saturated carbocycles. The molecule has 134 valence electrons. The lowest BCUT2D eigenvalue weighted by atomic mass is 10.2. The molecule has 1 amide bonds. The number of benzene rings is 2. The zero-order chi connectivity index (χ0) is 18.8. The monoisotopic (exact) mass is 395 g/mol. The van der Waals surface area contributed by atoms with E-state index >= 15 is 0 Å². The normalized spacial score (nSPS) is 10.8. The molecule has 4 nitrogen and oxygen atoms in total. The Balaban J connectivity index is 1.91. The molecular formula is C18H13Cl2F2N3O. The number of aryl methyl sites for hydroxylation is 1. The summed E-state index contributed by atoms with van der Waals surface area (Å²) in [4.78, 5) is 12.2. The Morgan fingerprint density at radius 1 is 1.12 bits per heavy atom. The average Bonchev–Trinajstić information content (AvgIpc) is 3.00. The van der Waals surface area contributed by atoms with Crippen LogP contribution in [-0.4, -0.2) is 15.7 Å². The molecule has 26 heavy (non-hydrogen) atoms. The molecule has 0 aliphatic carbocycles. The molecule has 0 atom stereocenters. The summed E-state index contributed by atoms with van der Waals surface area (Å²) in [5.41, 5.74) is 1.21. The quantitative estimate of drug-likeness (QED) is 0.653. The van der Waals surface area contributed by atoms with Gasteiger partial charge in [0.2, 0.25) is 0 Å². The van der Waals surface area contributed by atoms with Crippen LogP contribution in [0.15, 0.2) is 42.5 Å². The van der Waals surface area contributed by atoms with Gasteiger partial charge in [-0.1, -0.05) is 30.1 Å². The fourth-order valence-electron chi connectivity index (χ4n) is 2.43. The van der Waals surface area contributed by atoms with Crippen LogP contribution in [0.3, 0.4) is 0 Å². The van der Waals surface area contributed by atoms with Gasteiger partial charge in [0.1, 0.15) is 11.6 Å². The van der Waals surface area contributed by atoms with Crippen molar-refractivity contribution in [2.45, 2.75) is 13.3 Å². The Labute approximate surface area is 158 Å². The Hall–Kier alpha value is -2.44. The van der Waals surface area contributed by atoms with E-state index in [0.29, 0.717) is 28.2 Å². The van der Waals surface area contributed by atoms with E-state index in [1.165, 1.54) is 0 Å². The van der Waals surface area contributed by atoms with E-state index in [0.717, 1.165) is 17.8 Å². The molecule has 3 rings (SSSR count). The second-order valence-corrected chi connectivity index (χ2v) is 6.28. The first-order chi connectivity index (χ1) is 12.4. The van der Waals surface area contributed by atoms with E-state index in [1.807, 2.05) is 6.92 Å². The van der Waals surface area contributed by atoms with Crippen LogP contribution in [-0.2, 0) is 6.42 Å². The first-order valence-corrected chi connectivity index (χ1v) is 8.45. The smallest absolute Gasteiger partial charge is 0.259 e. The van der Waals surface area contributed by atoms with Gasteiger partial charge in [-0.15, -0.1) is 5.10 Å². The number of halogens is 4. The maximum absolute atomic E-state index is 13.7. The van der Waals surface area contributed by atoms with Crippen molar-refractivity contribution in [3.8, 4) is 5.69 Å². The number of hydrogen-bond acceptors (Lipinski definition) is 2. The first kappa shape index (κ1) is 18.4. The van der Waals surface area contributed by atoms with Crippen LogP contribution < -0.4 is 5.32 Å². The summed E-state index contributed by atoms with van der Waals surface area (Å²) >= 11 is 12.0. The fraction of sp³-hybridized carbons (Fsp3) is 0.111. The molecule has 1 aromatic heterocycles. The van der Waals surface area contributed by atoms with Crippen LogP contribution in [0.4, 0.5) is 14.6 Å². The lowest BCUT2D eigenvalue weighted by Gasteiger charge is -2.07. The maximum Gasteiger partial charge on any atom is 0.259 e. The molecule has 1 heterocycles. The third kappa shape index (κ3) is 3.71. The topological polar surface area (TPSA) is 46.9 Å². The summed E-state index contributed by atoms with van der Waals surface area (Å²) in [7, 11) is 0. The molecular weight excluding hydrogens is 383 g/mol. The highest BCUT2D eigenvalue weighted by atomic mass is 35.5. The minimum absolute atomic E-state index is 0.238. The van der Waals surface area contributed by atoms with Crippen molar-refractivity contribution >= 4 is 34.9 Å². The highest BCUT2D eigenvalue weighted by Crippen LogP contribution is 2.26. The number of rotatable bonds is 4. The van der Waals surface area contributed by atoms with Crippen molar-refractivity contribution in [3.63, 3.8) is 0 Å². The van der Waals surface area contributed by atoms with Gasteiger partial charge in [0.05, 0.1) is 21.3 Å². The van der Waals surface area contributed by atoms with E-state index in [4.69, 9.17) is 23.2 Å². The van der Waals surface area contributed by atoms with E-state index in [1.54, 1.807) is 28.9 Å². The van der Waals surface area contributed by atoms with Crippen molar-refractivity contribution in [1.82, 2.24) is 9.78 Å². The van der Waals surface area contributed by atoms with Crippen LogP contribution in [0.1, 0.15) is 23.0 Å². The van der Waals surface area contributed by atoms with Gasteiger partial charge >= 0.3 is 0 Å². The SMILES string of the molecule is CCc1cc(NC(=O)c2ccc(F)cc2F)nn1-c1ccc(Cl)c(Cl)c1. The maximum atomic E-state index is 13.7. The summed E-state index contributed by atoms with van der Waals surface area (Å²) in [5, 5.41) is 7.63. The second-order valence-electron chi connectivity index (χ2n) is 5.46. The van der Waals surface area contributed by atoms with Crippen LogP contribution in [0.2, 0.25) is 10.0 Å². The van der Waals surface area contributed by atoms with E-state index < -0.39 is 17.5 Å². The largest absolute Gasteiger partial charge is 0.305 e. The summed E-state index contributed by atoms with van der Waals surface area (Å²) in [6.07, 6.45) is 0.633. The molecule has 0 radical (unpaired) electrons. The number of nitrogens with zero attached hydrogens (tertiary/aromatic N) is 2. The molecule has 0 aliphatic rings. The van der Waals surface area contributed by atoms with E-state index in [9.17, 15) is 13.6 Å². The summed E-state index contributed by atoms with van der Waals surface area (Å²) in [6, 6.07) is 9.46. The van der Waals surface area contributed by atoms with Gasteiger partial charge in [0.25, 0.3) is 5.91 Å².